The van der Waals surface area contributed by atoms with E-state index >= 15 is 0 Å². The molecule has 0 saturated heterocycles. The van der Waals surface area contributed by atoms with E-state index in [4.69, 9.17) is 5.11 Å². The Balaban J connectivity index is 2.75. The van der Waals surface area contributed by atoms with Crippen LogP contribution in [-0.4, -0.2) is 17.7 Å². The molecule has 0 aliphatic heterocycles. The van der Waals surface area contributed by atoms with Crippen LogP contribution in [0.25, 0.3) is 0 Å². The van der Waals surface area contributed by atoms with E-state index in [0.29, 0.717) is 12.5 Å². The lowest BCUT2D eigenvalue weighted by atomic mass is 10.2. The summed E-state index contributed by atoms with van der Waals surface area (Å²) in [6.07, 6.45) is -0.879. The van der Waals surface area contributed by atoms with E-state index in [1.807, 2.05) is 31.4 Å². The van der Waals surface area contributed by atoms with Crippen LogP contribution in [0.2, 0.25) is 0 Å². The summed E-state index contributed by atoms with van der Waals surface area (Å²) in [5.41, 5.74) is 0. The van der Waals surface area contributed by atoms with E-state index in [1.54, 1.807) is 0 Å². The van der Waals surface area contributed by atoms with E-state index in [1.165, 1.54) is 16.2 Å². The van der Waals surface area contributed by atoms with Gasteiger partial charge in [0.2, 0.25) is 0 Å². The molecule has 1 aromatic heterocycles. The molecule has 0 fully saturated rings. The quantitative estimate of drug-likeness (QED) is 0.813. The summed E-state index contributed by atoms with van der Waals surface area (Å²) in [5.74, 6) is 0.346. The summed E-state index contributed by atoms with van der Waals surface area (Å²) in [6.45, 7) is 4.56. The predicted octanol–water partition coefficient (Wildman–Crippen LogP) is 2.89. The molecule has 0 atom stereocenters. The van der Waals surface area contributed by atoms with Gasteiger partial charge in [0.15, 0.2) is 0 Å². The lowest BCUT2D eigenvalue weighted by Gasteiger charge is -2.18. The number of nitrogens with zero attached hydrogens (tertiary/aromatic N) is 1. The van der Waals surface area contributed by atoms with Crippen molar-refractivity contribution in [3.63, 3.8) is 0 Å². The molecule has 0 unspecified atom stereocenters. The highest BCUT2D eigenvalue weighted by atomic mass is 32.1. The van der Waals surface area contributed by atoms with Gasteiger partial charge in [-0.1, -0.05) is 13.8 Å². The van der Waals surface area contributed by atoms with Crippen LogP contribution in [0, 0.1) is 5.92 Å². The first-order valence-electron chi connectivity index (χ1n) is 4.15. The maximum Gasteiger partial charge on any atom is 0.412 e. The molecule has 4 heteroatoms. The van der Waals surface area contributed by atoms with Crippen LogP contribution >= 0.6 is 11.3 Å². The van der Waals surface area contributed by atoms with Gasteiger partial charge in [-0.25, -0.2) is 4.79 Å². The van der Waals surface area contributed by atoms with Crippen molar-refractivity contribution in [3.8, 4) is 0 Å². The fourth-order valence-electron chi connectivity index (χ4n) is 1.05. The van der Waals surface area contributed by atoms with Crippen molar-refractivity contribution in [2.75, 3.05) is 11.4 Å². The summed E-state index contributed by atoms with van der Waals surface area (Å²) in [6, 6.07) is 3.68. The van der Waals surface area contributed by atoms with Gasteiger partial charge in [-0.15, -0.1) is 11.3 Å². The van der Waals surface area contributed by atoms with Crippen molar-refractivity contribution in [3.05, 3.63) is 17.5 Å². The third-order valence-corrected chi connectivity index (χ3v) is 2.44. The number of hydrogen-bond donors (Lipinski definition) is 1. The average Bonchev–Trinajstić information content (AvgIpc) is 2.50. The molecular formula is C9H13NO2S. The zero-order valence-corrected chi connectivity index (χ0v) is 8.54. The van der Waals surface area contributed by atoms with Gasteiger partial charge in [0.05, 0.1) is 0 Å². The van der Waals surface area contributed by atoms with Gasteiger partial charge >= 0.3 is 6.09 Å². The third-order valence-electron chi connectivity index (χ3n) is 1.55. The first-order chi connectivity index (χ1) is 6.11. The average molecular weight is 199 g/mol. The Hall–Kier alpha value is -1.03. The summed E-state index contributed by atoms with van der Waals surface area (Å²) >= 11 is 1.45. The molecule has 1 N–H and O–H groups in total. The number of rotatable bonds is 3. The minimum Gasteiger partial charge on any atom is -0.465 e. The van der Waals surface area contributed by atoms with Crippen LogP contribution in [0.4, 0.5) is 9.80 Å². The second kappa shape index (κ2) is 4.28. The molecule has 0 bridgehead atoms. The van der Waals surface area contributed by atoms with Crippen molar-refractivity contribution < 1.29 is 9.90 Å². The molecule has 1 rings (SSSR count). The summed E-state index contributed by atoms with van der Waals surface area (Å²) in [4.78, 5) is 12.3. The van der Waals surface area contributed by atoms with E-state index in [0.717, 1.165) is 5.00 Å². The lowest BCUT2D eigenvalue weighted by Crippen LogP contribution is -2.31. The van der Waals surface area contributed by atoms with Crippen LogP contribution in [-0.2, 0) is 0 Å². The molecule has 1 aromatic rings. The van der Waals surface area contributed by atoms with Gasteiger partial charge in [-0.05, 0) is 23.4 Å². The van der Waals surface area contributed by atoms with Crippen LogP contribution in [0.5, 0.6) is 0 Å². The zero-order chi connectivity index (χ0) is 9.84. The van der Waals surface area contributed by atoms with Crippen LogP contribution in [0.3, 0.4) is 0 Å². The first kappa shape index (κ1) is 10.1. The Morgan fingerprint density at radius 1 is 1.69 bits per heavy atom. The van der Waals surface area contributed by atoms with Crippen LogP contribution in [0.15, 0.2) is 17.5 Å². The van der Waals surface area contributed by atoms with Crippen LogP contribution in [0.1, 0.15) is 13.8 Å². The van der Waals surface area contributed by atoms with Crippen molar-refractivity contribution >= 4 is 22.4 Å². The molecule has 3 nitrogen and oxygen atoms in total. The zero-order valence-electron chi connectivity index (χ0n) is 7.73. The Bertz CT molecular complexity index is 269. The fraction of sp³-hybridized carbons (Fsp3) is 0.444. The monoisotopic (exact) mass is 199 g/mol. The molecule has 0 aromatic carbocycles. The molecule has 0 aliphatic carbocycles. The lowest BCUT2D eigenvalue weighted by molar-refractivity contribution is 0.201. The minimum atomic E-state index is -0.879. The van der Waals surface area contributed by atoms with E-state index in [9.17, 15) is 4.79 Å². The van der Waals surface area contributed by atoms with Crippen molar-refractivity contribution in [2.24, 2.45) is 5.92 Å². The maximum atomic E-state index is 10.9. The number of carbonyl (C=O) groups is 1. The molecule has 72 valence electrons. The Morgan fingerprint density at radius 3 is 2.77 bits per heavy atom. The number of carboxylic acid groups (broad SMARTS) is 1. The summed E-state index contributed by atoms with van der Waals surface area (Å²) < 4.78 is 0. The highest BCUT2D eigenvalue weighted by molar-refractivity contribution is 7.14. The normalized spacial score (nSPS) is 10.4. The minimum absolute atomic E-state index is 0.346. The van der Waals surface area contributed by atoms with Gasteiger partial charge in [0.25, 0.3) is 0 Å². The van der Waals surface area contributed by atoms with Crippen molar-refractivity contribution in [1.29, 1.82) is 0 Å². The summed E-state index contributed by atoms with van der Waals surface area (Å²) in [5, 5.41) is 11.6. The smallest absolute Gasteiger partial charge is 0.412 e. The topological polar surface area (TPSA) is 40.5 Å². The maximum absolute atomic E-state index is 10.9. The number of amides is 1. The predicted molar refractivity (Wildman–Crippen MR) is 54.5 cm³/mol. The Labute approximate surface area is 81.6 Å². The number of hydrogen-bond acceptors (Lipinski definition) is 2. The molecule has 0 radical (unpaired) electrons. The van der Waals surface area contributed by atoms with E-state index in [2.05, 4.69) is 0 Å². The molecule has 1 amide bonds. The second-order valence-corrected chi connectivity index (χ2v) is 4.16. The van der Waals surface area contributed by atoms with Gasteiger partial charge in [-0.2, -0.15) is 0 Å². The van der Waals surface area contributed by atoms with Crippen molar-refractivity contribution in [2.45, 2.75) is 13.8 Å². The SMILES string of the molecule is CC(C)CN(C(=O)O)c1cccs1. The fourth-order valence-corrected chi connectivity index (χ4v) is 1.78. The van der Waals surface area contributed by atoms with Crippen molar-refractivity contribution in [1.82, 2.24) is 0 Å². The van der Waals surface area contributed by atoms with Gasteiger partial charge in [0.1, 0.15) is 5.00 Å². The van der Waals surface area contributed by atoms with Crippen LogP contribution < -0.4 is 4.90 Å². The highest BCUT2D eigenvalue weighted by Crippen LogP contribution is 2.22. The van der Waals surface area contributed by atoms with E-state index in [-0.39, 0.29) is 0 Å². The van der Waals surface area contributed by atoms with Gasteiger partial charge in [0, 0.05) is 6.54 Å². The molecule has 0 aliphatic rings. The Morgan fingerprint density at radius 2 is 2.38 bits per heavy atom. The molecular weight excluding hydrogens is 186 g/mol. The number of thiophene rings is 1. The van der Waals surface area contributed by atoms with E-state index < -0.39 is 6.09 Å². The summed E-state index contributed by atoms with van der Waals surface area (Å²) in [7, 11) is 0. The molecule has 0 saturated carbocycles. The standard InChI is InChI=1S/C9H13NO2S/c1-7(2)6-10(9(11)12)8-4-3-5-13-8/h3-5,7H,6H2,1-2H3,(H,11,12). The first-order valence-corrected chi connectivity index (χ1v) is 5.03. The number of anilines is 1. The largest absolute Gasteiger partial charge is 0.465 e. The highest BCUT2D eigenvalue weighted by Gasteiger charge is 2.15. The molecule has 13 heavy (non-hydrogen) atoms. The molecule has 0 spiro atoms. The Kier molecular flexibility index (Phi) is 3.31. The molecule has 1 heterocycles. The third kappa shape index (κ3) is 2.73. The second-order valence-electron chi connectivity index (χ2n) is 3.24. The van der Waals surface area contributed by atoms with Gasteiger partial charge in [-0.3, -0.25) is 4.90 Å². The van der Waals surface area contributed by atoms with Gasteiger partial charge < -0.3 is 5.11 Å².